The van der Waals surface area contributed by atoms with Crippen LogP contribution in [-0.2, 0) is 0 Å². The monoisotopic (exact) mass is 381 g/mol. The highest BCUT2D eigenvalue weighted by Crippen LogP contribution is 2.25. The average molecular weight is 382 g/mol. The van der Waals surface area contributed by atoms with Crippen LogP contribution in [0, 0.1) is 20.8 Å². The summed E-state index contributed by atoms with van der Waals surface area (Å²) in [6, 6.07) is 24.8. The number of aryl methyl sites for hydroxylation is 3. The Morgan fingerprint density at radius 1 is 0.379 bits per heavy atom. The molecule has 1 heterocycles. The van der Waals surface area contributed by atoms with E-state index >= 15 is 0 Å². The lowest BCUT2D eigenvalue weighted by Gasteiger charge is -2.09. The van der Waals surface area contributed by atoms with Crippen LogP contribution in [0.1, 0.15) is 30.5 Å². The molecule has 4 rings (SSSR count). The van der Waals surface area contributed by atoms with E-state index in [2.05, 4.69) is 93.6 Å². The van der Waals surface area contributed by atoms with Crippen molar-refractivity contribution in [3.8, 4) is 34.2 Å². The minimum absolute atomic E-state index is 0.691. The van der Waals surface area contributed by atoms with Crippen LogP contribution in [0.25, 0.3) is 34.2 Å². The summed E-state index contributed by atoms with van der Waals surface area (Å²) < 4.78 is 0. The van der Waals surface area contributed by atoms with Gasteiger partial charge < -0.3 is 0 Å². The topological polar surface area (TPSA) is 38.7 Å². The summed E-state index contributed by atoms with van der Waals surface area (Å²) in [5, 5.41) is 0. The number of benzene rings is 3. The van der Waals surface area contributed by atoms with E-state index in [0.29, 0.717) is 17.5 Å². The van der Waals surface area contributed by atoms with Crippen molar-refractivity contribution in [2.75, 3.05) is 0 Å². The van der Waals surface area contributed by atoms with E-state index in [1.165, 1.54) is 16.7 Å². The van der Waals surface area contributed by atoms with E-state index in [-0.39, 0.29) is 0 Å². The summed E-state index contributed by atoms with van der Waals surface area (Å²) in [7, 11) is 0. The molecule has 0 aliphatic rings. The second-order valence-electron chi connectivity index (χ2n) is 6.90. The molecular formula is C26H27N3. The molecule has 0 amide bonds. The normalized spacial score (nSPS) is 10.2. The molecule has 0 unspecified atom stereocenters. The van der Waals surface area contributed by atoms with E-state index in [4.69, 9.17) is 15.0 Å². The predicted octanol–water partition coefficient (Wildman–Crippen LogP) is 6.82. The van der Waals surface area contributed by atoms with Crippen LogP contribution in [0.3, 0.4) is 0 Å². The largest absolute Gasteiger partial charge is 0.208 e. The molecule has 1 aromatic heterocycles. The third kappa shape index (κ3) is 4.94. The second kappa shape index (κ2) is 9.24. The molecule has 0 N–H and O–H groups in total. The molecule has 0 atom stereocenters. The Kier molecular flexibility index (Phi) is 6.50. The first kappa shape index (κ1) is 20.4. The maximum Gasteiger partial charge on any atom is 0.164 e. The first-order valence-electron chi connectivity index (χ1n) is 10.1. The van der Waals surface area contributed by atoms with Gasteiger partial charge in [0, 0.05) is 16.7 Å². The molecule has 0 radical (unpaired) electrons. The van der Waals surface area contributed by atoms with Crippen molar-refractivity contribution in [3.05, 3.63) is 89.5 Å². The van der Waals surface area contributed by atoms with Gasteiger partial charge in [0.25, 0.3) is 0 Å². The van der Waals surface area contributed by atoms with Gasteiger partial charge in [0.05, 0.1) is 0 Å². The molecule has 4 aromatic rings. The number of hydrogen-bond acceptors (Lipinski definition) is 3. The standard InChI is InChI=1S/C24H21N3.C2H6/c1-16-4-10-19(11-5-16)22-25-23(20-12-6-17(2)7-13-20)27-24(26-22)21-14-8-18(3)9-15-21;1-2/h4-15H,1-3H3;1-2H3. The van der Waals surface area contributed by atoms with Crippen molar-refractivity contribution in [3.63, 3.8) is 0 Å². The van der Waals surface area contributed by atoms with Gasteiger partial charge in [-0.3, -0.25) is 0 Å². The lowest BCUT2D eigenvalue weighted by molar-refractivity contribution is 1.07. The summed E-state index contributed by atoms with van der Waals surface area (Å²) in [6.07, 6.45) is 0. The smallest absolute Gasteiger partial charge is 0.164 e. The van der Waals surface area contributed by atoms with Crippen molar-refractivity contribution in [1.29, 1.82) is 0 Å². The van der Waals surface area contributed by atoms with Crippen molar-refractivity contribution < 1.29 is 0 Å². The molecule has 0 saturated heterocycles. The zero-order chi connectivity index (χ0) is 20.8. The molecule has 0 bridgehead atoms. The molecule has 0 saturated carbocycles. The summed E-state index contributed by atoms with van der Waals surface area (Å²) >= 11 is 0. The first-order chi connectivity index (χ1) is 14.1. The maximum atomic E-state index is 4.75. The summed E-state index contributed by atoms with van der Waals surface area (Å²) in [5.74, 6) is 2.07. The van der Waals surface area contributed by atoms with Gasteiger partial charge in [0.2, 0.25) is 0 Å². The van der Waals surface area contributed by atoms with Crippen LogP contribution in [-0.4, -0.2) is 15.0 Å². The molecule has 0 aliphatic carbocycles. The van der Waals surface area contributed by atoms with Crippen LogP contribution in [0.5, 0.6) is 0 Å². The van der Waals surface area contributed by atoms with E-state index in [9.17, 15) is 0 Å². The van der Waals surface area contributed by atoms with E-state index in [1.807, 2.05) is 13.8 Å². The van der Waals surface area contributed by atoms with Gasteiger partial charge in [-0.2, -0.15) is 0 Å². The highest BCUT2D eigenvalue weighted by atomic mass is 15.0. The molecule has 3 aromatic carbocycles. The Bertz CT molecular complexity index is 911. The minimum Gasteiger partial charge on any atom is -0.208 e. The van der Waals surface area contributed by atoms with Gasteiger partial charge >= 0.3 is 0 Å². The Morgan fingerprint density at radius 2 is 0.586 bits per heavy atom. The molecule has 3 nitrogen and oxygen atoms in total. The van der Waals surface area contributed by atoms with Gasteiger partial charge in [-0.05, 0) is 20.8 Å². The zero-order valence-corrected chi connectivity index (χ0v) is 17.8. The fraction of sp³-hybridized carbons (Fsp3) is 0.192. The number of nitrogens with zero attached hydrogens (tertiary/aromatic N) is 3. The Labute approximate surface area is 173 Å². The summed E-state index contributed by atoms with van der Waals surface area (Å²) in [5.41, 5.74) is 6.61. The van der Waals surface area contributed by atoms with Crippen molar-refractivity contribution in [1.82, 2.24) is 15.0 Å². The second-order valence-corrected chi connectivity index (χ2v) is 6.90. The van der Waals surface area contributed by atoms with Crippen LogP contribution in [0.4, 0.5) is 0 Å². The highest BCUT2D eigenvalue weighted by Gasteiger charge is 2.12. The van der Waals surface area contributed by atoms with Gasteiger partial charge in [0.15, 0.2) is 17.5 Å². The van der Waals surface area contributed by atoms with Crippen molar-refractivity contribution in [2.45, 2.75) is 34.6 Å². The average Bonchev–Trinajstić information content (AvgIpc) is 2.76. The fourth-order valence-electron chi connectivity index (χ4n) is 2.87. The predicted molar refractivity (Wildman–Crippen MR) is 122 cm³/mol. The first-order valence-corrected chi connectivity index (χ1v) is 10.1. The minimum atomic E-state index is 0.691. The van der Waals surface area contributed by atoms with Gasteiger partial charge in [0.1, 0.15) is 0 Å². The highest BCUT2D eigenvalue weighted by molar-refractivity contribution is 5.66. The number of rotatable bonds is 3. The lowest BCUT2D eigenvalue weighted by atomic mass is 10.1. The molecular weight excluding hydrogens is 354 g/mol. The molecule has 29 heavy (non-hydrogen) atoms. The van der Waals surface area contributed by atoms with Crippen molar-refractivity contribution in [2.24, 2.45) is 0 Å². The Hall–Kier alpha value is -3.33. The van der Waals surface area contributed by atoms with Crippen LogP contribution < -0.4 is 0 Å². The van der Waals surface area contributed by atoms with Crippen molar-refractivity contribution >= 4 is 0 Å². The molecule has 146 valence electrons. The molecule has 0 spiro atoms. The Morgan fingerprint density at radius 3 is 0.793 bits per heavy atom. The maximum absolute atomic E-state index is 4.75. The van der Waals surface area contributed by atoms with E-state index in [0.717, 1.165) is 16.7 Å². The molecule has 0 fully saturated rings. The lowest BCUT2D eigenvalue weighted by Crippen LogP contribution is -2.00. The molecule has 3 heteroatoms. The van der Waals surface area contributed by atoms with Crippen LogP contribution in [0.15, 0.2) is 72.8 Å². The van der Waals surface area contributed by atoms with E-state index < -0.39 is 0 Å². The zero-order valence-electron chi connectivity index (χ0n) is 17.8. The SMILES string of the molecule is CC.Cc1ccc(-c2nc(-c3ccc(C)cc3)nc(-c3ccc(C)cc3)n2)cc1. The van der Waals surface area contributed by atoms with Crippen LogP contribution in [0.2, 0.25) is 0 Å². The van der Waals surface area contributed by atoms with Gasteiger partial charge in [-0.1, -0.05) is 103 Å². The van der Waals surface area contributed by atoms with Gasteiger partial charge in [-0.15, -0.1) is 0 Å². The number of aromatic nitrogens is 3. The summed E-state index contributed by atoms with van der Waals surface area (Å²) in [6.45, 7) is 10.2. The third-order valence-corrected chi connectivity index (χ3v) is 4.56. The fourth-order valence-corrected chi connectivity index (χ4v) is 2.87. The van der Waals surface area contributed by atoms with Gasteiger partial charge in [-0.25, -0.2) is 15.0 Å². The Balaban J connectivity index is 0.00000117. The van der Waals surface area contributed by atoms with Crippen LogP contribution >= 0.6 is 0 Å². The quantitative estimate of drug-likeness (QED) is 0.390. The molecule has 0 aliphatic heterocycles. The third-order valence-electron chi connectivity index (χ3n) is 4.56. The number of hydrogen-bond donors (Lipinski definition) is 0. The summed E-state index contributed by atoms with van der Waals surface area (Å²) in [4.78, 5) is 14.3. The van der Waals surface area contributed by atoms with E-state index in [1.54, 1.807) is 0 Å².